The first-order chi connectivity index (χ1) is 15.4. The first kappa shape index (κ1) is 22.9. The molecule has 2 aliphatic heterocycles. The van der Waals surface area contributed by atoms with Crippen LogP contribution in [0.3, 0.4) is 0 Å². The van der Waals surface area contributed by atoms with Crippen molar-refractivity contribution in [3.8, 4) is 0 Å². The molecule has 0 unspecified atom stereocenters. The van der Waals surface area contributed by atoms with Crippen molar-refractivity contribution in [2.45, 2.75) is 24.7 Å². The molecule has 172 valence electrons. The first-order valence-electron chi connectivity index (χ1n) is 10.7. The van der Waals surface area contributed by atoms with Crippen LogP contribution in [0.2, 0.25) is 0 Å². The Labute approximate surface area is 192 Å². The van der Waals surface area contributed by atoms with Crippen LogP contribution >= 0.6 is 11.3 Å². The third-order valence-electron chi connectivity index (χ3n) is 5.96. The number of rotatable bonds is 5. The number of hydrogen-bond acceptors (Lipinski definition) is 6. The highest BCUT2D eigenvalue weighted by Crippen LogP contribution is 2.26. The van der Waals surface area contributed by atoms with E-state index in [1.807, 2.05) is 24.4 Å². The zero-order chi connectivity index (χ0) is 22.7. The maximum atomic E-state index is 13.0. The summed E-state index contributed by atoms with van der Waals surface area (Å²) < 4.78 is 32.6. The molecule has 0 atom stereocenters. The highest BCUT2D eigenvalue weighted by Gasteiger charge is 2.30. The molecule has 2 aliphatic rings. The second kappa shape index (κ2) is 9.70. The number of likely N-dealkylation sites (tertiary alicyclic amines) is 1. The zero-order valence-corrected chi connectivity index (χ0v) is 19.6. The van der Waals surface area contributed by atoms with Gasteiger partial charge in [-0.3, -0.25) is 9.59 Å². The van der Waals surface area contributed by atoms with Crippen molar-refractivity contribution in [1.29, 1.82) is 0 Å². The first-order valence-corrected chi connectivity index (χ1v) is 13.0. The summed E-state index contributed by atoms with van der Waals surface area (Å²) in [6, 6.07) is 8.49. The van der Waals surface area contributed by atoms with E-state index in [0.29, 0.717) is 62.8 Å². The molecule has 0 bridgehead atoms. The van der Waals surface area contributed by atoms with E-state index >= 15 is 0 Å². The van der Waals surface area contributed by atoms with Crippen LogP contribution in [0.25, 0.3) is 0 Å². The molecule has 10 heteroatoms. The van der Waals surface area contributed by atoms with Crippen molar-refractivity contribution in [2.24, 2.45) is 5.92 Å². The van der Waals surface area contributed by atoms with Crippen molar-refractivity contribution >= 4 is 38.9 Å². The molecular weight excluding hydrogens is 450 g/mol. The zero-order valence-electron chi connectivity index (χ0n) is 18.0. The van der Waals surface area contributed by atoms with E-state index in [2.05, 4.69) is 5.32 Å². The minimum Gasteiger partial charge on any atom is -0.379 e. The minimum atomic E-state index is -3.64. The Morgan fingerprint density at radius 1 is 1.09 bits per heavy atom. The fourth-order valence-corrected chi connectivity index (χ4v) is 6.09. The number of carbonyl (C=O) groups is 2. The molecule has 1 aromatic heterocycles. The largest absolute Gasteiger partial charge is 0.379 e. The molecular formula is C22H27N3O5S2. The molecule has 2 amide bonds. The highest BCUT2D eigenvalue weighted by atomic mass is 32.2. The Bertz CT molecular complexity index is 1070. The number of amides is 2. The summed E-state index contributed by atoms with van der Waals surface area (Å²) in [6.45, 7) is 4.29. The molecule has 2 saturated heterocycles. The average Bonchev–Trinajstić information content (AvgIpc) is 3.35. The average molecular weight is 478 g/mol. The van der Waals surface area contributed by atoms with Gasteiger partial charge in [0.15, 0.2) is 0 Å². The van der Waals surface area contributed by atoms with E-state index < -0.39 is 10.0 Å². The normalized spacial score (nSPS) is 18.5. The Morgan fingerprint density at radius 2 is 1.81 bits per heavy atom. The number of nitrogens with zero attached hydrogens (tertiary/aromatic N) is 2. The number of benzene rings is 1. The van der Waals surface area contributed by atoms with Crippen LogP contribution in [0.1, 0.15) is 28.1 Å². The molecule has 1 aromatic carbocycles. The van der Waals surface area contributed by atoms with Crippen LogP contribution in [0.15, 0.2) is 40.6 Å². The molecule has 0 aliphatic carbocycles. The van der Waals surface area contributed by atoms with Crippen molar-refractivity contribution in [1.82, 2.24) is 9.21 Å². The van der Waals surface area contributed by atoms with Gasteiger partial charge < -0.3 is 15.0 Å². The van der Waals surface area contributed by atoms with Crippen LogP contribution in [0, 0.1) is 12.8 Å². The number of ether oxygens (including phenoxy) is 1. The number of nitrogens with one attached hydrogen (secondary N) is 1. The van der Waals surface area contributed by atoms with Gasteiger partial charge in [0.05, 0.1) is 23.0 Å². The molecule has 32 heavy (non-hydrogen) atoms. The summed E-state index contributed by atoms with van der Waals surface area (Å²) >= 11 is 1.42. The lowest BCUT2D eigenvalue weighted by Crippen LogP contribution is -2.41. The number of hydrogen-bond donors (Lipinski definition) is 1. The monoisotopic (exact) mass is 477 g/mol. The second-order valence-electron chi connectivity index (χ2n) is 8.03. The molecule has 4 rings (SSSR count). The molecule has 2 aromatic rings. The predicted octanol–water partition coefficient (Wildman–Crippen LogP) is 2.57. The molecule has 0 spiro atoms. The van der Waals surface area contributed by atoms with E-state index in [1.165, 1.54) is 21.7 Å². The van der Waals surface area contributed by atoms with Crippen LogP contribution in [0.5, 0.6) is 0 Å². The third-order valence-corrected chi connectivity index (χ3v) is 8.71. The standard InChI is InChI=1S/C22H27N3O5S2/c1-16-4-5-18(32(28,29)25-10-12-30-13-11-25)15-19(16)23-21(26)17-6-8-24(9-7-17)22(27)20-3-2-14-31-20/h2-5,14-15,17H,6-13H2,1H3,(H,23,26). The maximum absolute atomic E-state index is 13.0. The molecule has 2 fully saturated rings. The molecule has 0 saturated carbocycles. The minimum absolute atomic E-state index is 0.00993. The van der Waals surface area contributed by atoms with Gasteiger partial charge in [-0.2, -0.15) is 4.31 Å². The van der Waals surface area contributed by atoms with Gasteiger partial charge in [-0.25, -0.2) is 8.42 Å². The summed E-state index contributed by atoms with van der Waals surface area (Å²) in [5, 5.41) is 4.80. The van der Waals surface area contributed by atoms with Crippen LogP contribution in [-0.2, 0) is 19.6 Å². The lowest BCUT2D eigenvalue weighted by Gasteiger charge is -2.31. The van der Waals surface area contributed by atoms with Crippen LogP contribution < -0.4 is 5.32 Å². The SMILES string of the molecule is Cc1ccc(S(=O)(=O)N2CCOCC2)cc1NC(=O)C1CCN(C(=O)c2cccs2)CC1. The number of aryl methyl sites for hydroxylation is 1. The number of morpholine rings is 1. The summed E-state index contributed by atoms with van der Waals surface area (Å²) in [5.74, 6) is -0.353. The summed E-state index contributed by atoms with van der Waals surface area (Å²) in [5.41, 5.74) is 1.30. The van der Waals surface area contributed by atoms with E-state index in [4.69, 9.17) is 4.74 Å². The molecule has 8 nitrogen and oxygen atoms in total. The fraction of sp³-hybridized carbons (Fsp3) is 0.455. The summed E-state index contributed by atoms with van der Waals surface area (Å²) in [7, 11) is -3.64. The van der Waals surface area contributed by atoms with Gasteiger partial charge in [0, 0.05) is 37.8 Å². The van der Waals surface area contributed by atoms with E-state index in [0.717, 1.165) is 5.56 Å². The number of anilines is 1. The van der Waals surface area contributed by atoms with Gasteiger partial charge >= 0.3 is 0 Å². The molecule has 0 radical (unpaired) electrons. The fourth-order valence-electron chi connectivity index (χ4n) is 3.97. The van der Waals surface area contributed by atoms with Gasteiger partial charge in [-0.1, -0.05) is 12.1 Å². The number of piperidine rings is 1. The van der Waals surface area contributed by atoms with Gasteiger partial charge in [-0.05, 0) is 48.9 Å². The Kier molecular flexibility index (Phi) is 6.94. The van der Waals surface area contributed by atoms with E-state index in [-0.39, 0.29) is 22.6 Å². The van der Waals surface area contributed by atoms with Crippen molar-refractivity contribution in [2.75, 3.05) is 44.7 Å². The van der Waals surface area contributed by atoms with E-state index in [9.17, 15) is 18.0 Å². The smallest absolute Gasteiger partial charge is 0.263 e. The Morgan fingerprint density at radius 3 is 2.47 bits per heavy atom. The van der Waals surface area contributed by atoms with Gasteiger partial charge in [0.2, 0.25) is 15.9 Å². The van der Waals surface area contributed by atoms with Crippen molar-refractivity contribution in [3.05, 3.63) is 46.2 Å². The quantitative estimate of drug-likeness (QED) is 0.714. The number of carbonyl (C=O) groups excluding carboxylic acids is 2. The summed E-state index contributed by atoms with van der Waals surface area (Å²) in [6.07, 6.45) is 1.15. The van der Waals surface area contributed by atoms with Crippen molar-refractivity contribution < 1.29 is 22.7 Å². The Balaban J connectivity index is 1.40. The highest BCUT2D eigenvalue weighted by molar-refractivity contribution is 7.89. The lowest BCUT2D eigenvalue weighted by molar-refractivity contribution is -0.121. The molecule has 3 heterocycles. The molecule has 1 N–H and O–H groups in total. The lowest BCUT2D eigenvalue weighted by atomic mass is 9.95. The van der Waals surface area contributed by atoms with Crippen LogP contribution in [0.4, 0.5) is 5.69 Å². The third kappa shape index (κ3) is 4.88. The maximum Gasteiger partial charge on any atom is 0.263 e. The second-order valence-corrected chi connectivity index (χ2v) is 10.9. The predicted molar refractivity (Wildman–Crippen MR) is 122 cm³/mol. The van der Waals surface area contributed by atoms with Gasteiger partial charge in [0.25, 0.3) is 5.91 Å². The van der Waals surface area contributed by atoms with Crippen molar-refractivity contribution in [3.63, 3.8) is 0 Å². The number of thiophene rings is 1. The van der Waals surface area contributed by atoms with E-state index in [1.54, 1.807) is 17.0 Å². The van der Waals surface area contributed by atoms with Gasteiger partial charge in [0.1, 0.15) is 0 Å². The summed E-state index contributed by atoms with van der Waals surface area (Å²) in [4.78, 5) is 28.1. The topological polar surface area (TPSA) is 96.0 Å². The van der Waals surface area contributed by atoms with Gasteiger partial charge in [-0.15, -0.1) is 11.3 Å². The van der Waals surface area contributed by atoms with Crippen LogP contribution in [-0.4, -0.2) is 68.8 Å². The Hall–Kier alpha value is -2.27. The number of sulfonamides is 1.